The Morgan fingerprint density at radius 2 is 1.29 bits per heavy atom. The smallest absolute Gasteiger partial charge is 0.429 e. The van der Waals surface area contributed by atoms with E-state index in [1.54, 1.807) is 6.07 Å². The molecule has 1 aliphatic carbocycles. The van der Waals surface area contributed by atoms with Crippen LogP contribution in [-0.2, 0) is 6.11 Å². The standard InChI is InChI=1S/C35H27F9O/c1-2-3-4-19-5-7-20(8-6-19)21-9-11-25(27(37)13-21)23-15-31(41)34(32(42)16-23)35(43,44)45-24-17-29(39)33(30(40)18-24)22-10-12-26(36)28(38)14-22/h2,9-20H,1,3-8H2. The van der Waals surface area contributed by atoms with Gasteiger partial charge in [-0.05, 0) is 97.4 Å². The third-order valence-corrected chi connectivity index (χ3v) is 8.20. The quantitative estimate of drug-likeness (QED) is 0.132. The lowest BCUT2D eigenvalue weighted by Gasteiger charge is -2.28. The van der Waals surface area contributed by atoms with Crippen LogP contribution < -0.4 is 4.74 Å². The van der Waals surface area contributed by atoms with Gasteiger partial charge in [-0.25, -0.2) is 30.7 Å². The summed E-state index contributed by atoms with van der Waals surface area (Å²) in [6.07, 6.45) is 2.85. The summed E-state index contributed by atoms with van der Waals surface area (Å²) in [6, 6.07) is 7.94. The minimum atomic E-state index is -4.76. The molecule has 10 heteroatoms. The molecule has 0 heterocycles. The molecule has 0 atom stereocenters. The lowest BCUT2D eigenvalue weighted by atomic mass is 9.77. The molecule has 1 nitrogen and oxygen atoms in total. The van der Waals surface area contributed by atoms with Crippen molar-refractivity contribution >= 4 is 0 Å². The predicted molar refractivity (Wildman–Crippen MR) is 152 cm³/mol. The zero-order valence-corrected chi connectivity index (χ0v) is 23.8. The average Bonchev–Trinajstić information content (AvgIpc) is 2.97. The van der Waals surface area contributed by atoms with Gasteiger partial charge in [-0.2, -0.15) is 8.78 Å². The maximum atomic E-state index is 15.2. The lowest BCUT2D eigenvalue weighted by Crippen LogP contribution is -2.25. The van der Waals surface area contributed by atoms with Crippen LogP contribution in [0.15, 0.2) is 73.3 Å². The van der Waals surface area contributed by atoms with Crippen LogP contribution in [0.1, 0.15) is 55.6 Å². The summed E-state index contributed by atoms with van der Waals surface area (Å²) in [5, 5.41) is 0. The van der Waals surface area contributed by atoms with Crippen molar-refractivity contribution in [3.05, 3.63) is 125 Å². The Hall–Kier alpha value is -4.21. The maximum absolute atomic E-state index is 15.2. The van der Waals surface area contributed by atoms with E-state index in [0.717, 1.165) is 50.2 Å². The van der Waals surface area contributed by atoms with Gasteiger partial charge in [0.05, 0.1) is 5.56 Å². The fourth-order valence-electron chi connectivity index (χ4n) is 5.90. The van der Waals surface area contributed by atoms with Gasteiger partial charge in [0.25, 0.3) is 0 Å². The number of ether oxygens (including phenoxy) is 1. The Morgan fingerprint density at radius 3 is 1.87 bits per heavy atom. The van der Waals surface area contributed by atoms with Gasteiger partial charge >= 0.3 is 6.11 Å². The van der Waals surface area contributed by atoms with E-state index in [9.17, 15) is 35.1 Å². The van der Waals surface area contributed by atoms with Gasteiger partial charge in [0.2, 0.25) is 0 Å². The van der Waals surface area contributed by atoms with Gasteiger partial charge in [-0.1, -0.05) is 24.3 Å². The SMILES string of the molecule is C=CCCC1CCC(c2ccc(-c3cc(F)c(C(F)(F)Oc4cc(F)c(-c5ccc(F)c(F)c5)c(F)c4)c(F)c3)c(F)c2)CC1. The zero-order chi connectivity index (χ0) is 32.5. The number of halogens is 9. The summed E-state index contributed by atoms with van der Waals surface area (Å²) in [5.74, 6) is -10.4. The molecule has 1 fully saturated rings. The first kappa shape index (κ1) is 32.2. The molecule has 1 aliphatic rings. The highest BCUT2D eigenvalue weighted by molar-refractivity contribution is 5.67. The Kier molecular flexibility index (Phi) is 9.32. The Labute approximate surface area is 254 Å². The molecular weight excluding hydrogens is 607 g/mol. The van der Waals surface area contributed by atoms with E-state index in [0.29, 0.717) is 42.3 Å². The van der Waals surface area contributed by atoms with Crippen molar-refractivity contribution in [1.82, 2.24) is 0 Å². The number of hydrogen-bond donors (Lipinski definition) is 0. The summed E-state index contributed by atoms with van der Waals surface area (Å²) in [5.41, 5.74) is -2.95. The number of alkyl halides is 2. The number of rotatable bonds is 9. The van der Waals surface area contributed by atoms with E-state index in [2.05, 4.69) is 11.3 Å². The number of hydrogen-bond acceptors (Lipinski definition) is 1. The van der Waals surface area contributed by atoms with E-state index in [4.69, 9.17) is 0 Å². The highest BCUT2D eigenvalue weighted by atomic mass is 19.3. The van der Waals surface area contributed by atoms with Crippen molar-refractivity contribution in [2.75, 3.05) is 0 Å². The predicted octanol–water partition coefficient (Wildman–Crippen LogP) is 11.4. The largest absolute Gasteiger partial charge is 0.432 e. The molecule has 0 saturated heterocycles. The van der Waals surface area contributed by atoms with E-state index in [1.165, 1.54) is 12.1 Å². The van der Waals surface area contributed by atoms with Crippen molar-refractivity contribution in [2.45, 2.75) is 50.6 Å². The first-order valence-corrected chi connectivity index (χ1v) is 14.3. The molecule has 0 aliphatic heterocycles. The second kappa shape index (κ2) is 13.0. The Bertz CT molecular complexity index is 1680. The van der Waals surface area contributed by atoms with Gasteiger partial charge in [-0.3, -0.25) is 0 Å². The van der Waals surface area contributed by atoms with Crippen LogP contribution in [0, 0.1) is 46.6 Å². The minimum absolute atomic E-state index is 0.126. The molecule has 45 heavy (non-hydrogen) atoms. The van der Waals surface area contributed by atoms with Gasteiger partial charge < -0.3 is 4.74 Å². The molecule has 5 rings (SSSR count). The average molecular weight is 635 g/mol. The molecule has 1 saturated carbocycles. The van der Waals surface area contributed by atoms with Gasteiger partial charge in [-0.15, -0.1) is 6.58 Å². The molecule has 0 bridgehead atoms. The molecule has 0 radical (unpaired) electrons. The second-order valence-corrected chi connectivity index (χ2v) is 11.1. The first-order valence-electron chi connectivity index (χ1n) is 14.3. The summed E-state index contributed by atoms with van der Waals surface area (Å²) in [4.78, 5) is 0. The zero-order valence-electron chi connectivity index (χ0n) is 23.8. The Morgan fingerprint density at radius 1 is 0.667 bits per heavy atom. The van der Waals surface area contributed by atoms with Crippen molar-refractivity contribution in [2.24, 2.45) is 5.92 Å². The van der Waals surface area contributed by atoms with Gasteiger partial charge in [0, 0.05) is 17.7 Å². The van der Waals surface area contributed by atoms with Crippen molar-refractivity contribution in [3.8, 4) is 28.0 Å². The number of allylic oxidation sites excluding steroid dienone is 1. The minimum Gasteiger partial charge on any atom is -0.429 e. The van der Waals surface area contributed by atoms with Gasteiger partial charge in [0.1, 0.15) is 40.4 Å². The topological polar surface area (TPSA) is 9.23 Å². The molecule has 0 amide bonds. The fourth-order valence-corrected chi connectivity index (χ4v) is 5.90. The normalized spacial score (nSPS) is 16.9. The molecule has 0 unspecified atom stereocenters. The van der Waals surface area contributed by atoms with Crippen molar-refractivity contribution in [1.29, 1.82) is 0 Å². The first-order chi connectivity index (χ1) is 21.4. The van der Waals surface area contributed by atoms with Crippen LogP contribution in [0.3, 0.4) is 0 Å². The third kappa shape index (κ3) is 6.89. The summed E-state index contributed by atoms with van der Waals surface area (Å²) in [7, 11) is 0. The molecule has 0 aromatic heterocycles. The van der Waals surface area contributed by atoms with Crippen LogP contribution in [0.25, 0.3) is 22.3 Å². The van der Waals surface area contributed by atoms with E-state index in [1.807, 2.05) is 6.08 Å². The lowest BCUT2D eigenvalue weighted by molar-refractivity contribution is -0.189. The summed E-state index contributed by atoms with van der Waals surface area (Å²) < 4.78 is 136. The maximum Gasteiger partial charge on any atom is 0.432 e. The summed E-state index contributed by atoms with van der Waals surface area (Å²) in [6.45, 7) is 3.74. The Balaban J connectivity index is 1.35. The molecule has 0 N–H and O–H groups in total. The third-order valence-electron chi connectivity index (χ3n) is 8.20. The fraction of sp³-hybridized carbons (Fsp3) is 0.257. The second-order valence-electron chi connectivity index (χ2n) is 11.1. The van der Waals surface area contributed by atoms with E-state index in [-0.39, 0.29) is 17.0 Å². The van der Waals surface area contributed by atoms with Crippen LogP contribution in [0.5, 0.6) is 5.75 Å². The number of benzene rings is 4. The molecular formula is C35H27F9O. The van der Waals surface area contributed by atoms with Gasteiger partial charge in [0.15, 0.2) is 11.6 Å². The monoisotopic (exact) mass is 634 g/mol. The van der Waals surface area contributed by atoms with Crippen LogP contribution in [0.2, 0.25) is 0 Å². The highest BCUT2D eigenvalue weighted by Crippen LogP contribution is 2.41. The molecule has 0 spiro atoms. The van der Waals surface area contributed by atoms with Crippen molar-refractivity contribution in [3.63, 3.8) is 0 Å². The van der Waals surface area contributed by atoms with E-state index < -0.39 is 69.3 Å². The molecule has 4 aromatic rings. The molecule has 4 aromatic carbocycles. The highest BCUT2D eigenvalue weighted by Gasteiger charge is 2.41. The van der Waals surface area contributed by atoms with Crippen LogP contribution >= 0.6 is 0 Å². The van der Waals surface area contributed by atoms with E-state index >= 15 is 4.39 Å². The van der Waals surface area contributed by atoms with Crippen molar-refractivity contribution < 1.29 is 44.3 Å². The summed E-state index contributed by atoms with van der Waals surface area (Å²) >= 11 is 0. The van der Waals surface area contributed by atoms with Crippen LogP contribution in [0.4, 0.5) is 39.5 Å². The molecule has 236 valence electrons. The van der Waals surface area contributed by atoms with Crippen LogP contribution in [-0.4, -0.2) is 0 Å².